The summed E-state index contributed by atoms with van der Waals surface area (Å²) in [6.07, 6.45) is 0.117. The van der Waals surface area contributed by atoms with E-state index in [4.69, 9.17) is 11.5 Å². The molecular formula is C19H31N5O6. The van der Waals surface area contributed by atoms with Crippen LogP contribution >= 0.6 is 0 Å². The second-order valence-corrected chi connectivity index (χ2v) is 8.65. The van der Waals surface area contributed by atoms with E-state index >= 15 is 0 Å². The van der Waals surface area contributed by atoms with Crippen molar-refractivity contribution in [3.63, 3.8) is 0 Å². The fraction of sp³-hybridized carbons (Fsp3) is 0.789. The molecule has 0 radical (unpaired) electrons. The number of rotatable bonds is 7. The number of carbonyl (C=O) groups is 4. The van der Waals surface area contributed by atoms with Crippen LogP contribution in [0, 0.1) is 5.92 Å². The van der Waals surface area contributed by atoms with E-state index in [0.29, 0.717) is 25.8 Å². The van der Waals surface area contributed by atoms with Gasteiger partial charge in [0.05, 0.1) is 12.2 Å². The SMILES string of the molecule is C[C@@H](O)[C@H](N)C(=O)N1CCC[C@H]1C(=O)N1[C@H](C(=O)N[C@H](C(N)=O)[C@@H](C)O)C[C@@H]2C[C@@H]21. The maximum absolute atomic E-state index is 13.4. The highest BCUT2D eigenvalue weighted by Crippen LogP contribution is 2.48. The summed E-state index contributed by atoms with van der Waals surface area (Å²) in [5.41, 5.74) is 11.0. The molecule has 7 N–H and O–H groups in total. The molecule has 3 aliphatic rings. The summed E-state index contributed by atoms with van der Waals surface area (Å²) in [4.78, 5) is 53.2. The van der Waals surface area contributed by atoms with E-state index < -0.39 is 54.1 Å². The molecule has 8 atom stereocenters. The van der Waals surface area contributed by atoms with Crippen LogP contribution in [0.3, 0.4) is 0 Å². The van der Waals surface area contributed by atoms with Gasteiger partial charge in [-0.25, -0.2) is 0 Å². The summed E-state index contributed by atoms with van der Waals surface area (Å²) in [6.45, 7) is 3.13. The van der Waals surface area contributed by atoms with Crippen molar-refractivity contribution in [1.82, 2.24) is 15.1 Å². The second-order valence-electron chi connectivity index (χ2n) is 8.65. The lowest BCUT2D eigenvalue weighted by Gasteiger charge is -2.34. The molecule has 11 nitrogen and oxygen atoms in total. The third-order valence-electron chi connectivity index (χ3n) is 6.37. The van der Waals surface area contributed by atoms with E-state index in [1.807, 2.05) is 0 Å². The first-order valence-electron chi connectivity index (χ1n) is 10.4. The molecule has 4 amide bonds. The lowest BCUT2D eigenvalue weighted by molar-refractivity contribution is -0.149. The standard InChI is InChI=1S/C19H31N5O6/c1-8(25)14(20)19(30)23-5-3-4-11(23)18(29)24-12-6-10(12)7-13(24)17(28)22-15(9(2)26)16(21)27/h8-15,25-26H,3-7,20H2,1-2H3,(H2,21,27)(H,22,28)/t8-,9-,10+,11+,12+,13+,14+,15+/m1/s1. The van der Waals surface area contributed by atoms with Crippen molar-refractivity contribution < 1.29 is 29.4 Å². The van der Waals surface area contributed by atoms with Crippen molar-refractivity contribution >= 4 is 23.6 Å². The van der Waals surface area contributed by atoms with Crippen LogP contribution in [-0.2, 0) is 19.2 Å². The first-order chi connectivity index (χ1) is 14.0. The third-order valence-corrected chi connectivity index (χ3v) is 6.37. The van der Waals surface area contributed by atoms with Gasteiger partial charge in [-0.2, -0.15) is 0 Å². The van der Waals surface area contributed by atoms with Crippen LogP contribution < -0.4 is 16.8 Å². The number of aliphatic hydroxyl groups is 2. The molecule has 0 spiro atoms. The minimum atomic E-state index is -1.25. The summed E-state index contributed by atoms with van der Waals surface area (Å²) in [5.74, 6) is -2.02. The Hall–Kier alpha value is -2.24. The topological polar surface area (TPSA) is 179 Å². The molecule has 2 aliphatic heterocycles. The molecule has 1 aliphatic carbocycles. The van der Waals surface area contributed by atoms with E-state index in [2.05, 4.69) is 5.32 Å². The largest absolute Gasteiger partial charge is 0.391 e. The molecule has 0 aromatic carbocycles. The number of hydrogen-bond acceptors (Lipinski definition) is 7. The molecule has 0 aromatic rings. The Morgan fingerprint density at radius 1 is 1.07 bits per heavy atom. The molecule has 0 aromatic heterocycles. The monoisotopic (exact) mass is 425 g/mol. The fourth-order valence-electron chi connectivity index (χ4n) is 4.54. The highest BCUT2D eigenvalue weighted by molar-refractivity contribution is 5.96. The van der Waals surface area contributed by atoms with Crippen molar-refractivity contribution in [2.75, 3.05) is 6.54 Å². The van der Waals surface area contributed by atoms with Gasteiger partial charge in [-0.05, 0) is 45.4 Å². The van der Waals surface area contributed by atoms with Crippen LogP contribution in [0.25, 0.3) is 0 Å². The molecule has 30 heavy (non-hydrogen) atoms. The number of nitrogens with zero attached hydrogens (tertiary/aromatic N) is 2. The van der Waals surface area contributed by atoms with Gasteiger partial charge in [0.25, 0.3) is 0 Å². The quantitative estimate of drug-likeness (QED) is 0.289. The predicted octanol–water partition coefficient (Wildman–Crippen LogP) is -2.97. The van der Waals surface area contributed by atoms with E-state index in [1.54, 1.807) is 0 Å². The molecule has 2 heterocycles. The number of carbonyl (C=O) groups excluding carboxylic acids is 4. The minimum absolute atomic E-state index is 0.0742. The number of nitrogens with one attached hydrogen (secondary N) is 1. The molecule has 11 heteroatoms. The molecule has 0 unspecified atom stereocenters. The van der Waals surface area contributed by atoms with Gasteiger partial charge in [-0.3, -0.25) is 19.2 Å². The number of amides is 4. The lowest BCUT2D eigenvalue weighted by Crippen LogP contribution is -2.59. The number of hydrogen-bond donors (Lipinski definition) is 5. The van der Waals surface area contributed by atoms with E-state index in [1.165, 1.54) is 23.6 Å². The van der Waals surface area contributed by atoms with Crippen molar-refractivity contribution in [3.8, 4) is 0 Å². The zero-order chi connectivity index (χ0) is 22.3. The van der Waals surface area contributed by atoms with Gasteiger partial charge in [0, 0.05) is 12.6 Å². The fourth-order valence-corrected chi connectivity index (χ4v) is 4.54. The van der Waals surface area contributed by atoms with Gasteiger partial charge in [-0.1, -0.05) is 0 Å². The molecular weight excluding hydrogens is 394 g/mol. The van der Waals surface area contributed by atoms with E-state index in [0.717, 1.165) is 6.42 Å². The van der Waals surface area contributed by atoms with Gasteiger partial charge < -0.3 is 36.8 Å². The van der Waals surface area contributed by atoms with Crippen molar-refractivity contribution in [1.29, 1.82) is 0 Å². The second kappa shape index (κ2) is 8.48. The number of fused-ring (bicyclic) bond motifs is 1. The van der Waals surface area contributed by atoms with Gasteiger partial charge in [0.1, 0.15) is 24.2 Å². The molecule has 0 bridgehead atoms. The average Bonchev–Trinajstić information content (AvgIpc) is 3.11. The maximum Gasteiger partial charge on any atom is 0.246 e. The summed E-state index contributed by atoms with van der Waals surface area (Å²) in [7, 11) is 0. The maximum atomic E-state index is 13.4. The summed E-state index contributed by atoms with van der Waals surface area (Å²) in [6, 6.07) is -3.97. The van der Waals surface area contributed by atoms with Gasteiger partial charge >= 0.3 is 0 Å². The number of likely N-dealkylation sites (tertiary alicyclic amines) is 2. The van der Waals surface area contributed by atoms with Crippen LogP contribution in [0.5, 0.6) is 0 Å². The first-order valence-corrected chi connectivity index (χ1v) is 10.4. The third kappa shape index (κ3) is 4.14. The molecule has 168 valence electrons. The Kier molecular flexibility index (Phi) is 6.34. The Bertz CT molecular complexity index is 728. The smallest absolute Gasteiger partial charge is 0.246 e. The normalized spacial score (nSPS) is 31.5. The minimum Gasteiger partial charge on any atom is -0.391 e. The Morgan fingerprint density at radius 2 is 1.73 bits per heavy atom. The number of piperidine rings is 1. The van der Waals surface area contributed by atoms with Crippen LogP contribution in [-0.4, -0.2) is 92.6 Å². The lowest BCUT2D eigenvalue weighted by atomic mass is 10.1. The van der Waals surface area contributed by atoms with E-state index in [-0.39, 0.29) is 17.9 Å². The zero-order valence-corrected chi connectivity index (χ0v) is 17.2. The molecule has 3 rings (SSSR count). The summed E-state index contributed by atoms with van der Waals surface area (Å²) >= 11 is 0. The predicted molar refractivity (Wildman–Crippen MR) is 104 cm³/mol. The highest BCUT2D eigenvalue weighted by atomic mass is 16.3. The van der Waals surface area contributed by atoms with Gasteiger partial charge in [0.2, 0.25) is 23.6 Å². The first kappa shape index (κ1) is 22.4. The van der Waals surface area contributed by atoms with Crippen LogP contribution in [0.2, 0.25) is 0 Å². The van der Waals surface area contributed by atoms with Crippen LogP contribution in [0.4, 0.5) is 0 Å². The van der Waals surface area contributed by atoms with Gasteiger partial charge in [0.15, 0.2) is 0 Å². The summed E-state index contributed by atoms with van der Waals surface area (Å²) < 4.78 is 0. The zero-order valence-electron chi connectivity index (χ0n) is 17.2. The molecule has 2 saturated heterocycles. The Balaban J connectivity index is 1.74. The van der Waals surface area contributed by atoms with E-state index in [9.17, 15) is 29.4 Å². The van der Waals surface area contributed by atoms with Crippen molar-refractivity contribution in [2.24, 2.45) is 17.4 Å². The van der Waals surface area contributed by atoms with Crippen molar-refractivity contribution in [2.45, 2.75) is 81.9 Å². The van der Waals surface area contributed by atoms with Crippen molar-refractivity contribution in [3.05, 3.63) is 0 Å². The Labute approximate surface area is 174 Å². The highest BCUT2D eigenvalue weighted by Gasteiger charge is 2.58. The van der Waals surface area contributed by atoms with Gasteiger partial charge in [-0.15, -0.1) is 0 Å². The number of nitrogens with two attached hydrogens (primary N) is 2. The summed E-state index contributed by atoms with van der Waals surface area (Å²) in [5, 5.41) is 21.8. The molecule has 1 saturated carbocycles. The number of primary amides is 1. The van der Waals surface area contributed by atoms with Crippen LogP contribution in [0.15, 0.2) is 0 Å². The Morgan fingerprint density at radius 3 is 2.30 bits per heavy atom. The molecule has 3 fully saturated rings. The van der Waals surface area contributed by atoms with Crippen LogP contribution in [0.1, 0.15) is 39.5 Å². The average molecular weight is 425 g/mol. The number of aliphatic hydroxyl groups excluding tert-OH is 2.